The van der Waals surface area contributed by atoms with Gasteiger partial charge in [0.15, 0.2) is 0 Å². The summed E-state index contributed by atoms with van der Waals surface area (Å²) in [6, 6.07) is 3.84. The third kappa shape index (κ3) is 3.58. The molecule has 0 saturated carbocycles. The maximum absolute atomic E-state index is 12.6. The zero-order valence-electron chi connectivity index (χ0n) is 14.0. The molecule has 0 radical (unpaired) electrons. The molecule has 0 bridgehead atoms. The second-order valence-electron chi connectivity index (χ2n) is 6.48. The van der Waals surface area contributed by atoms with Gasteiger partial charge in [-0.2, -0.15) is 0 Å². The first-order chi connectivity index (χ1) is 10.5. The monoisotopic (exact) mass is 304 g/mol. The molecule has 0 spiro atoms. The van der Waals surface area contributed by atoms with Gasteiger partial charge in [0.05, 0.1) is 5.56 Å². The van der Waals surface area contributed by atoms with Gasteiger partial charge in [-0.1, -0.05) is 13.8 Å². The predicted molar refractivity (Wildman–Crippen MR) is 90.1 cm³/mol. The number of anilines is 1. The summed E-state index contributed by atoms with van der Waals surface area (Å²) in [5.74, 6) is 1.00. The number of aromatic nitrogens is 1. The van der Waals surface area contributed by atoms with Crippen LogP contribution in [0.3, 0.4) is 0 Å². The SMILES string of the molecule is CCCN(CC)c1ccc(C(=O)N2CCC(C)(CN)C2)cn1. The maximum Gasteiger partial charge on any atom is 0.255 e. The molecule has 5 nitrogen and oxygen atoms in total. The van der Waals surface area contributed by atoms with E-state index in [1.165, 1.54) is 0 Å². The molecular weight excluding hydrogens is 276 g/mol. The van der Waals surface area contributed by atoms with Crippen molar-refractivity contribution in [2.24, 2.45) is 11.1 Å². The van der Waals surface area contributed by atoms with Gasteiger partial charge in [-0.15, -0.1) is 0 Å². The Morgan fingerprint density at radius 3 is 2.73 bits per heavy atom. The first kappa shape index (κ1) is 16.7. The third-order valence-electron chi connectivity index (χ3n) is 4.53. The van der Waals surface area contributed by atoms with Crippen molar-refractivity contribution < 1.29 is 4.79 Å². The van der Waals surface area contributed by atoms with Crippen molar-refractivity contribution in [2.75, 3.05) is 37.6 Å². The molecule has 1 unspecified atom stereocenters. The number of hydrogen-bond donors (Lipinski definition) is 1. The highest BCUT2D eigenvalue weighted by Gasteiger charge is 2.35. The summed E-state index contributed by atoms with van der Waals surface area (Å²) >= 11 is 0. The molecule has 2 rings (SSSR count). The van der Waals surface area contributed by atoms with Crippen LogP contribution in [-0.4, -0.2) is 48.5 Å². The van der Waals surface area contributed by atoms with Crippen LogP contribution in [0.2, 0.25) is 0 Å². The van der Waals surface area contributed by atoms with Crippen LogP contribution in [-0.2, 0) is 0 Å². The Labute approximate surface area is 133 Å². The standard InChI is InChI=1S/C17H28N4O/c1-4-9-20(5-2)15-7-6-14(11-19-15)16(22)21-10-8-17(3,12-18)13-21/h6-7,11H,4-5,8-10,12-13,18H2,1-3H3. The zero-order valence-corrected chi connectivity index (χ0v) is 14.0. The lowest BCUT2D eigenvalue weighted by atomic mass is 9.90. The molecule has 1 aromatic rings. The van der Waals surface area contributed by atoms with E-state index in [4.69, 9.17) is 5.73 Å². The summed E-state index contributed by atoms with van der Waals surface area (Å²) in [4.78, 5) is 21.1. The molecule has 1 aromatic heterocycles. The zero-order chi connectivity index (χ0) is 16.2. The number of pyridine rings is 1. The molecule has 1 amide bonds. The number of nitrogens with two attached hydrogens (primary N) is 1. The summed E-state index contributed by atoms with van der Waals surface area (Å²) < 4.78 is 0. The molecular formula is C17H28N4O. The van der Waals surface area contributed by atoms with Crippen LogP contribution in [0.1, 0.15) is 44.0 Å². The number of amides is 1. The first-order valence-electron chi connectivity index (χ1n) is 8.23. The second-order valence-corrected chi connectivity index (χ2v) is 6.48. The summed E-state index contributed by atoms with van der Waals surface area (Å²) in [6.07, 6.45) is 3.76. The van der Waals surface area contributed by atoms with Crippen molar-refractivity contribution >= 4 is 11.7 Å². The Morgan fingerprint density at radius 2 is 2.23 bits per heavy atom. The Kier molecular flexibility index (Phi) is 5.40. The number of nitrogens with zero attached hydrogens (tertiary/aromatic N) is 3. The number of carbonyl (C=O) groups excluding carboxylic acids is 1. The summed E-state index contributed by atoms with van der Waals surface area (Å²) in [7, 11) is 0. The van der Waals surface area contributed by atoms with E-state index < -0.39 is 0 Å². The molecule has 0 aliphatic carbocycles. The van der Waals surface area contributed by atoms with Gasteiger partial charge in [-0.25, -0.2) is 4.98 Å². The van der Waals surface area contributed by atoms with Crippen molar-refractivity contribution in [3.63, 3.8) is 0 Å². The van der Waals surface area contributed by atoms with E-state index in [-0.39, 0.29) is 11.3 Å². The van der Waals surface area contributed by atoms with Crippen molar-refractivity contribution in [3.8, 4) is 0 Å². The highest BCUT2D eigenvalue weighted by molar-refractivity contribution is 5.94. The fourth-order valence-electron chi connectivity index (χ4n) is 2.95. The fraction of sp³-hybridized carbons (Fsp3) is 0.647. The molecule has 2 N–H and O–H groups in total. The Hall–Kier alpha value is -1.62. The number of carbonyl (C=O) groups is 1. The molecule has 5 heteroatoms. The van der Waals surface area contributed by atoms with Gasteiger partial charge in [0.25, 0.3) is 5.91 Å². The maximum atomic E-state index is 12.6. The average Bonchev–Trinajstić information content (AvgIpc) is 2.95. The van der Waals surface area contributed by atoms with Crippen LogP contribution in [0.25, 0.3) is 0 Å². The molecule has 1 atom stereocenters. The number of hydrogen-bond acceptors (Lipinski definition) is 4. The highest BCUT2D eigenvalue weighted by atomic mass is 16.2. The fourth-order valence-corrected chi connectivity index (χ4v) is 2.95. The molecule has 1 saturated heterocycles. The van der Waals surface area contributed by atoms with E-state index in [1.807, 2.05) is 17.0 Å². The van der Waals surface area contributed by atoms with E-state index in [1.54, 1.807) is 6.20 Å². The second kappa shape index (κ2) is 7.09. The van der Waals surface area contributed by atoms with Crippen molar-refractivity contribution in [1.29, 1.82) is 0 Å². The quantitative estimate of drug-likeness (QED) is 0.874. The lowest BCUT2D eigenvalue weighted by molar-refractivity contribution is 0.0776. The van der Waals surface area contributed by atoms with Gasteiger partial charge in [-0.05, 0) is 43.9 Å². The van der Waals surface area contributed by atoms with Crippen molar-refractivity contribution in [1.82, 2.24) is 9.88 Å². The molecule has 1 aliphatic heterocycles. The van der Waals surface area contributed by atoms with Crippen LogP contribution in [0.4, 0.5) is 5.82 Å². The lowest BCUT2D eigenvalue weighted by Gasteiger charge is -2.23. The van der Waals surface area contributed by atoms with E-state index in [0.717, 1.165) is 44.8 Å². The smallest absolute Gasteiger partial charge is 0.255 e. The largest absolute Gasteiger partial charge is 0.357 e. The summed E-state index contributed by atoms with van der Waals surface area (Å²) in [5, 5.41) is 0. The summed E-state index contributed by atoms with van der Waals surface area (Å²) in [5.41, 5.74) is 6.53. The molecule has 1 aliphatic rings. The predicted octanol–water partition coefficient (Wildman–Crippen LogP) is 2.13. The minimum atomic E-state index is 0.0587. The Balaban J connectivity index is 2.06. The van der Waals surface area contributed by atoms with E-state index in [0.29, 0.717) is 12.1 Å². The minimum absolute atomic E-state index is 0.0587. The number of rotatable bonds is 6. The van der Waals surface area contributed by atoms with Gasteiger partial charge in [-0.3, -0.25) is 4.79 Å². The van der Waals surface area contributed by atoms with Gasteiger partial charge in [0, 0.05) is 32.4 Å². The Morgan fingerprint density at radius 1 is 1.45 bits per heavy atom. The van der Waals surface area contributed by atoms with Crippen LogP contribution >= 0.6 is 0 Å². The van der Waals surface area contributed by atoms with Crippen LogP contribution in [0.5, 0.6) is 0 Å². The van der Waals surface area contributed by atoms with Crippen LogP contribution < -0.4 is 10.6 Å². The Bertz CT molecular complexity index is 502. The van der Waals surface area contributed by atoms with Crippen LogP contribution in [0, 0.1) is 5.41 Å². The summed E-state index contributed by atoms with van der Waals surface area (Å²) in [6.45, 7) is 10.5. The van der Waals surface area contributed by atoms with Crippen LogP contribution in [0.15, 0.2) is 18.3 Å². The molecule has 0 aromatic carbocycles. The average molecular weight is 304 g/mol. The van der Waals surface area contributed by atoms with Gasteiger partial charge in [0.2, 0.25) is 0 Å². The van der Waals surface area contributed by atoms with E-state index >= 15 is 0 Å². The van der Waals surface area contributed by atoms with Gasteiger partial charge in [0.1, 0.15) is 5.82 Å². The van der Waals surface area contributed by atoms with Crippen molar-refractivity contribution in [2.45, 2.75) is 33.6 Å². The van der Waals surface area contributed by atoms with E-state index in [9.17, 15) is 4.79 Å². The molecule has 22 heavy (non-hydrogen) atoms. The van der Waals surface area contributed by atoms with Crippen molar-refractivity contribution in [3.05, 3.63) is 23.9 Å². The normalized spacial score (nSPS) is 21.2. The topological polar surface area (TPSA) is 62.5 Å². The first-order valence-corrected chi connectivity index (χ1v) is 8.23. The third-order valence-corrected chi connectivity index (χ3v) is 4.53. The van der Waals surface area contributed by atoms with Gasteiger partial charge >= 0.3 is 0 Å². The minimum Gasteiger partial charge on any atom is -0.357 e. The number of likely N-dealkylation sites (tertiary alicyclic amines) is 1. The highest BCUT2D eigenvalue weighted by Crippen LogP contribution is 2.29. The molecule has 1 fully saturated rings. The van der Waals surface area contributed by atoms with E-state index in [2.05, 4.69) is 30.7 Å². The molecule has 2 heterocycles. The molecule has 122 valence electrons. The lowest BCUT2D eigenvalue weighted by Crippen LogP contribution is -2.34. The van der Waals surface area contributed by atoms with Gasteiger partial charge < -0.3 is 15.5 Å².